The number of H-pyrrole nitrogens is 1. The van der Waals surface area contributed by atoms with E-state index in [4.69, 9.17) is 42.6 Å². The third kappa shape index (κ3) is 7.60. The SMILES string of the molecule is C=C1CC[C@@H](CNCc2ncc(-c3cccc(-c4cccc(-c5cnc(CNCCc6cn[nH]c6)c(OC)n5)c4Cl)c3Cl)nc2OC)N1. The lowest BCUT2D eigenvalue weighted by molar-refractivity contribution is 0.386. The van der Waals surface area contributed by atoms with Gasteiger partial charge in [0.1, 0.15) is 11.4 Å². The highest BCUT2D eigenvalue weighted by Gasteiger charge is 2.20. The quantitative estimate of drug-likeness (QED) is 0.103. The van der Waals surface area contributed by atoms with Crippen molar-refractivity contribution in [1.29, 1.82) is 0 Å². The molecule has 48 heavy (non-hydrogen) atoms. The van der Waals surface area contributed by atoms with Gasteiger partial charge in [-0.3, -0.25) is 15.1 Å². The summed E-state index contributed by atoms with van der Waals surface area (Å²) < 4.78 is 11.2. The normalized spacial score (nSPS) is 14.2. The summed E-state index contributed by atoms with van der Waals surface area (Å²) in [6.45, 7) is 6.59. The second-order valence-corrected chi connectivity index (χ2v) is 12.2. The standard InChI is InChI=1S/C35H37Cl2N9O2/c1-21-10-11-23(44-21)16-39-18-31-35(48-3)46-29(20-41-31)27-9-5-7-25(33(27)37)24-6-4-8-26(32(24)36)28-19-40-30(34(45-28)47-2)17-38-13-12-22-14-42-43-15-22/h4-9,14-15,19-20,23,38-39,44H,1,10-13,16-18H2,2-3H3,(H,42,43)/t23-/m0/s1. The highest BCUT2D eigenvalue weighted by molar-refractivity contribution is 6.39. The van der Waals surface area contributed by atoms with Crippen molar-refractivity contribution in [2.45, 2.75) is 38.4 Å². The monoisotopic (exact) mass is 685 g/mol. The van der Waals surface area contributed by atoms with Crippen molar-refractivity contribution < 1.29 is 9.47 Å². The van der Waals surface area contributed by atoms with Gasteiger partial charge in [-0.1, -0.05) is 66.2 Å². The van der Waals surface area contributed by atoms with E-state index in [9.17, 15) is 0 Å². The van der Waals surface area contributed by atoms with Crippen molar-refractivity contribution in [3.05, 3.63) is 100 Å². The van der Waals surface area contributed by atoms with Gasteiger partial charge < -0.3 is 25.4 Å². The second kappa shape index (κ2) is 15.6. The predicted octanol–water partition coefficient (Wildman–Crippen LogP) is 6.00. The van der Waals surface area contributed by atoms with Gasteiger partial charge in [0.2, 0.25) is 11.8 Å². The Balaban J connectivity index is 1.20. The molecule has 5 aromatic rings. The number of halogens is 2. The molecule has 3 aromatic heterocycles. The Morgan fingerprint density at radius 2 is 1.42 bits per heavy atom. The second-order valence-electron chi connectivity index (χ2n) is 11.4. The first-order chi connectivity index (χ1) is 23.4. The van der Waals surface area contributed by atoms with Crippen LogP contribution in [0.1, 0.15) is 29.8 Å². The van der Waals surface area contributed by atoms with Gasteiger partial charge in [-0.05, 0) is 31.4 Å². The lowest BCUT2D eigenvalue weighted by atomic mass is 9.98. The van der Waals surface area contributed by atoms with Crippen LogP contribution in [0, 0.1) is 0 Å². The zero-order valence-electron chi connectivity index (χ0n) is 26.8. The molecule has 0 radical (unpaired) electrons. The molecule has 11 nitrogen and oxygen atoms in total. The van der Waals surface area contributed by atoms with Gasteiger partial charge in [0.15, 0.2) is 0 Å². The number of aromatic nitrogens is 6. The number of methoxy groups -OCH3 is 2. The van der Waals surface area contributed by atoms with E-state index in [1.54, 1.807) is 26.6 Å². The Morgan fingerprint density at radius 3 is 1.94 bits per heavy atom. The number of hydrogen-bond acceptors (Lipinski definition) is 10. The van der Waals surface area contributed by atoms with E-state index < -0.39 is 0 Å². The van der Waals surface area contributed by atoms with Crippen LogP contribution in [0.5, 0.6) is 11.8 Å². The molecule has 4 heterocycles. The average Bonchev–Trinajstić information content (AvgIpc) is 3.79. The Morgan fingerprint density at radius 1 is 0.833 bits per heavy atom. The molecule has 1 atom stereocenters. The fraction of sp³-hybridized carbons (Fsp3) is 0.286. The minimum Gasteiger partial charge on any atom is -0.480 e. The summed E-state index contributed by atoms with van der Waals surface area (Å²) in [5.74, 6) is 0.867. The molecule has 0 saturated carbocycles. The van der Waals surface area contributed by atoms with Crippen LogP contribution >= 0.6 is 23.2 Å². The Bertz CT molecular complexity index is 1880. The maximum atomic E-state index is 7.06. The highest BCUT2D eigenvalue weighted by atomic mass is 35.5. The van der Waals surface area contributed by atoms with E-state index in [2.05, 4.69) is 42.7 Å². The summed E-state index contributed by atoms with van der Waals surface area (Å²) in [5.41, 5.74) is 7.71. The largest absolute Gasteiger partial charge is 0.480 e. The van der Waals surface area contributed by atoms with Crippen molar-refractivity contribution in [3.63, 3.8) is 0 Å². The van der Waals surface area contributed by atoms with Gasteiger partial charge in [-0.15, -0.1) is 0 Å². The van der Waals surface area contributed by atoms with Crippen molar-refractivity contribution in [1.82, 2.24) is 46.1 Å². The summed E-state index contributed by atoms with van der Waals surface area (Å²) in [6.07, 6.45) is 10.0. The molecule has 6 rings (SSSR count). The third-order valence-corrected chi connectivity index (χ3v) is 8.99. The summed E-state index contributed by atoms with van der Waals surface area (Å²) in [7, 11) is 3.17. The van der Waals surface area contributed by atoms with Crippen LogP contribution in [0.15, 0.2) is 73.5 Å². The number of nitrogens with zero attached hydrogens (tertiary/aromatic N) is 5. The molecular weight excluding hydrogens is 649 g/mol. The number of ether oxygens (including phenoxy) is 2. The first-order valence-electron chi connectivity index (χ1n) is 15.7. The molecule has 4 N–H and O–H groups in total. The fourth-order valence-corrected chi connectivity index (χ4v) is 6.30. The molecule has 1 aliphatic rings. The molecule has 13 heteroatoms. The summed E-state index contributed by atoms with van der Waals surface area (Å²) in [5, 5.41) is 18.0. The van der Waals surface area contributed by atoms with E-state index in [1.165, 1.54) is 0 Å². The van der Waals surface area contributed by atoms with Crippen LogP contribution in [0.2, 0.25) is 10.0 Å². The van der Waals surface area contributed by atoms with Crippen molar-refractivity contribution in [2.75, 3.05) is 27.3 Å². The van der Waals surface area contributed by atoms with Gasteiger partial charge in [-0.2, -0.15) is 5.10 Å². The van der Waals surface area contributed by atoms with Gasteiger partial charge in [0.25, 0.3) is 0 Å². The zero-order chi connectivity index (χ0) is 33.5. The van der Waals surface area contributed by atoms with Gasteiger partial charge in [0, 0.05) is 59.8 Å². The first kappa shape index (κ1) is 33.4. The van der Waals surface area contributed by atoms with Crippen LogP contribution in [-0.2, 0) is 19.5 Å². The van der Waals surface area contributed by atoms with Crippen LogP contribution in [0.25, 0.3) is 33.6 Å². The summed E-state index contributed by atoms with van der Waals surface area (Å²) in [4.78, 5) is 18.8. The fourth-order valence-electron chi connectivity index (χ4n) is 5.65. The lowest BCUT2D eigenvalue weighted by Crippen LogP contribution is -2.33. The molecule has 1 fully saturated rings. The Hall–Kier alpha value is -4.55. The number of allylic oxidation sites excluding steroid dienone is 1. The first-order valence-corrected chi connectivity index (χ1v) is 16.4. The molecule has 0 amide bonds. The smallest absolute Gasteiger partial charge is 0.237 e. The van der Waals surface area contributed by atoms with E-state index in [0.717, 1.165) is 54.7 Å². The minimum atomic E-state index is 0.363. The number of hydrogen-bond donors (Lipinski definition) is 4. The molecule has 2 aromatic carbocycles. The number of aromatic amines is 1. The summed E-state index contributed by atoms with van der Waals surface area (Å²) >= 11 is 14.1. The maximum absolute atomic E-state index is 7.06. The molecule has 1 aliphatic heterocycles. The third-order valence-electron chi connectivity index (χ3n) is 8.17. The van der Waals surface area contributed by atoms with Crippen LogP contribution in [0.3, 0.4) is 0 Å². The van der Waals surface area contributed by atoms with E-state index in [0.29, 0.717) is 74.8 Å². The maximum Gasteiger partial charge on any atom is 0.237 e. The molecule has 0 unspecified atom stereocenters. The highest BCUT2D eigenvalue weighted by Crippen LogP contribution is 2.42. The topological polar surface area (TPSA) is 135 Å². The molecule has 1 saturated heterocycles. The zero-order valence-corrected chi connectivity index (χ0v) is 28.3. The number of rotatable bonds is 14. The van der Waals surface area contributed by atoms with Gasteiger partial charge >= 0.3 is 0 Å². The molecule has 0 spiro atoms. The Labute approximate surface area is 289 Å². The van der Waals surface area contributed by atoms with E-state index >= 15 is 0 Å². The van der Waals surface area contributed by atoms with Crippen LogP contribution in [-0.4, -0.2) is 63.5 Å². The lowest BCUT2D eigenvalue weighted by Gasteiger charge is -2.15. The van der Waals surface area contributed by atoms with Crippen molar-refractivity contribution in [3.8, 4) is 45.4 Å². The summed E-state index contributed by atoms with van der Waals surface area (Å²) in [6, 6.07) is 11.9. The Kier molecular flexibility index (Phi) is 10.8. The number of nitrogens with one attached hydrogen (secondary N) is 4. The average molecular weight is 687 g/mol. The van der Waals surface area contributed by atoms with Gasteiger partial charge in [0.05, 0.1) is 54.2 Å². The molecular formula is C35H37Cl2N9O2. The van der Waals surface area contributed by atoms with Crippen molar-refractivity contribution >= 4 is 23.2 Å². The minimum absolute atomic E-state index is 0.363. The molecule has 0 aliphatic carbocycles. The van der Waals surface area contributed by atoms with Crippen LogP contribution < -0.4 is 25.4 Å². The molecule has 248 valence electrons. The van der Waals surface area contributed by atoms with Crippen LogP contribution in [0.4, 0.5) is 0 Å². The van der Waals surface area contributed by atoms with Gasteiger partial charge in [-0.25, -0.2) is 9.97 Å². The van der Waals surface area contributed by atoms with Crippen molar-refractivity contribution in [2.24, 2.45) is 0 Å². The predicted molar refractivity (Wildman–Crippen MR) is 188 cm³/mol. The van der Waals surface area contributed by atoms with E-state index in [1.807, 2.05) is 48.8 Å². The number of benzene rings is 2. The molecule has 0 bridgehead atoms. The van der Waals surface area contributed by atoms with E-state index in [-0.39, 0.29) is 0 Å².